The van der Waals surface area contributed by atoms with Gasteiger partial charge in [0.05, 0.1) is 6.61 Å². The van der Waals surface area contributed by atoms with Gasteiger partial charge in [0.2, 0.25) is 0 Å². The van der Waals surface area contributed by atoms with E-state index >= 15 is 0 Å². The largest absolute Gasteiger partial charge is 0.395 e. The van der Waals surface area contributed by atoms with Crippen LogP contribution >= 0.6 is 11.6 Å². The fraction of sp³-hybridized carbons (Fsp3) is 0.368. The molecule has 0 atom stereocenters. The molecule has 0 saturated heterocycles. The van der Waals surface area contributed by atoms with Crippen LogP contribution in [-0.2, 0) is 6.54 Å². The van der Waals surface area contributed by atoms with Gasteiger partial charge in [0.1, 0.15) is 0 Å². The van der Waals surface area contributed by atoms with Crippen molar-refractivity contribution in [2.45, 2.75) is 13.5 Å². The van der Waals surface area contributed by atoms with Gasteiger partial charge < -0.3 is 15.3 Å². The number of aliphatic hydroxyl groups excluding tert-OH is 1. The summed E-state index contributed by atoms with van der Waals surface area (Å²) in [6.07, 6.45) is 0. The Kier molecular flexibility index (Phi) is 7.56. The first-order valence-electron chi connectivity index (χ1n) is 8.11. The van der Waals surface area contributed by atoms with Gasteiger partial charge in [-0.25, -0.2) is 0 Å². The molecular weight excluding hydrogens is 308 g/mol. The number of halogens is 1. The fourth-order valence-electron chi connectivity index (χ4n) is 2.50. The highest BCUT2D eigenvalue weighted by molar-refractivity contribution is 6.30. The summed E-state index contributed by atoms with van der Waals surface area (Å²) in [6.45, 7) is 6.79. The Morgan fingerprint density at radius 1 is 0.957 bits per heavy atom. The van der Waals surface area contributed by atoms with E-state index in [0.717, 1.165) is 37.7 Å². The van der Waals surface area contributed by atoms with E-state index in [4.69, 9.17) is 16.7 Å². The van der Waals surface area contributed by atoms with Gasteiger partial charge >= 0.3 is 0 Å². The zero-order valence-corrected chi connectivity index (χ0v) is 14.4. The molecule has 2 aromatic rings. The van der Waals surface area contributed by atoms with E-state index < -0.39 is 0 Å². The van der Waals surface area contributed by atoms with E-state index in [2.05, 4.69) is 41.4 Å². The van der Waals surface area contributed by atoms with Gasteiger partial charge in [-0.2, -0.15) is 0 Å². The Hall–Kier alpha value is -1.39. The standard InChI is InChI=1S/C19H25ClN2O/c1-2-22(13-14-23)12-11-21-15-16-3-5-17(6-4-16)18-7-9-19(20)10-8-18/h3-10,21,23H,2,11-15H2,1H3. The van der Waals surface area contributed by atoms with Crippen LogP contribution in [0.25, 0.3) is 11.1 Å². The highest BCUT2D eigenvalue weighted by atomic mass is 35.5. The van der Waals surface area contributed by atoms with Crippen LogP contribution in [0.3, 0.4) is 0 Å². The van der Waals surface area contributed by atoms with Crippen LogP contribution in [0, 0.1) is 0 Å². The van der Waals surface area contributed by atoms with E-state index in [1.807, 2.05) is 24.3 Å². The van der Waals surface area contributed by atoms with Crippen molar-refractivity contribution in [2.24, 2.45) is 0 Å². The maximum absolute atomic E-state index is 8.97. The van der Waals surface area contributed by atoms with Crippen molar-refractivity contribution in [3.05, 3.63) is 59.1 Å². The van der Waals surface area contributed by atoms with Gasteiger partial charge in [0.15, 0.2) is 0 Å². The number of benzene rings is 2. The van der Waals surface area contributed by atoms with Crippen molar-refractivity contribution in [3.8, 4) is 11.1 Å². The lowest BCUT2D eigenvalue weighted by Gasteiger charge is -2.19. The molecule has 2 aromatic carbocycles. The number of rotatable bonds is 9. The summed E-state index contributed by atoms with van der Waals surface area (Å²) >= 11 is 5.92. The van der Waals surface area contributed by atoms with Gasteiger partial charge in [-0.1, -0.05) is 54.9 Å². The average molecular weight is 333 g/mol. The molecular formula is C19H25ClN2O. The van der Waals surface area contributed by atoms with Crippen LogP contribution in [0.5, 0.6) is 0 Å². The van der Waals surface area contributed by atoms with Crippen molar-refractivity contribution in [1.29, 1.82) is 0 Å². The first-order valence-corrected chi connectivity index (χ1v) is 8.49. The van der Waals surface area contributed by atoms with Crippen molar-refractivity contribution >= 4 is 11.6 Å². The van der Waals surface area contributed by atoms with Gasteiger partial charge in [-0.15, -0.1) is 0 Å². The van der Waals surface area contributed by atoms with Gasteiger partial charge in [0, 0.05) is 31.2 Å². The van der Waals surface area contributed by atoms with Crippen LogP contribution in [0.1, 0.15) is 12.5 Å². The SMILES string of the molecule is CCN(CCO)CCNCc1ccc(-c2ccc(Cl)cc2)cc1. The molecule has 2 N–H and O–H groups in total. The maximum Gasteiger partial charge on any atom is 0.0558 e. The zero-order chi connectivity index (χ0) is 16.5. The van der Waals surface area contributed by atoms with Crippen LogP contribution in [0.4, 0.5) is 0 Å². The molecule has 0 amide bonds. The summed E-state index contributed by atoms with van der Waals surface area (Å²) in [5, 5.41) is 13.2. The lowest BCUT2D eigenvalue weighted by molar-refractivity contribution is 0.202. The number of hydrogen-bond donors (Lipinski definition) is 2. The number of nitrogens with one attached hydrogen (secondary N) is 1. The Morgan fingerprint density at radius 3 is 2.13 bits per heavy atom. The number of aliphatic hydroxyl groups is 1. The summed E-state index contributed by atoms with van der Waals surface area (Å²) in [5.41, 5.74) is 3.65. The monoisotopic (exact) mass is 332 g/mol. The molecule has 3 nitrogen and oxygen atoms in total. The molecule has 0 spiro atoms. The second-order valence-electron chi connectivity index (χ2n) is 5.54. The third-order valence-corrected chi connectivity index (χ3v) is 4.18. The summed E-state index contributed by atoms with van der Waals surface area (Å²) < 4.78 is 0. The van der Waals surface area contributed by atoms with Crippen LogP contribution in [0.2, 0.25) is 5.02 Å². The van der Waals surface area contributed by atoms with E-state index in [0.29, 0.717) is 0 Å². The predicted octanol–water partition coefficient (Wildman–Crippen LogP) is 3.41. The van der Waals surface area contributed by atoms with Crippen LogP contribution < -0.4 is 5.32 Å². The van der Waals surface area contributed by atoms with E-state index in [1.165, 1.54) is 16.7 Å². The molecule has 4 heteroatoms. The molecule has 0 heterocycles. The molecule has 2 rings (SSSR count). The van der Waals surface area contributed by atoms with E-state index in [9.17, 15) is 0 Å². The van der Waals surface area contributed by atoms with Crippen molar-refractivity contribution < 1.29 is 5.11 Å². The van der Waals surface area contributed by atoms with Gasteiger partial charge in [-0.3, -0.25) is 0 Å². The molecule has 0 fully saturated rings. The molecule has 0 saturated carbocycles. The maximum atomic E-state index is 8.97. The summed E-state index contributed by atoms with van der Waals surface area (Å²) in [5.74, 6) is 0. The normalized spacial score (nSPS) is 11.1. The molecule has 0 aliphatic carbocycles. The molecule has 0 aliphatic rings. The lowest BCUT2D eigenvalue weighted by Crippen LogP contribution is -2.33. The van der Waals surface area contributed by atoms with Crippen molar-refractivity contribution in [3.63, 3.8) is 0 Å². The first kappa shape index (κ1) is 18.0. The first-order chi connectivity index (χ1) is 11.2. The topological polar surface area (TPSA) is 35.5 Å². The quantitative estimate of drug-likeness (QED) is 0.691. The minimum Gasteiger partial charge on any atom is -0.395 e. The molecule has 0 radical (unpaired) electrons. The van der Waals surface area contributed by atoms with Crippen molar-refractivity contribution in [2.75, 3.05) is 32.8 Å². The van der Waals surface area contributed by atoms with Crippen LogP contribution in [-0.4, -0.2) is 42.8 Å². The van der Waals surface area contributed by atoms with Crippen molar-refractivity contribution in [1.82, 2.24) is 10.2 Å². The molecule has 0 aromatic heterocycles. The third kappa shape index (κ3) is 5.96. The Morgan fingerprint density at radius 2 is 1.57 bits per heavy atom. The number of nitrogens with zero attached hydrogens (tertiary/aromatic N) is 1. The second-order valence-corrected chi connectivity index (χ2v) is 5.97. The number of likely N-dealkylation sites (N-methyl/N-ethyl adjacent to an activating group) is 1. The molecule has 0 unspecified atom stereocenters. The van der Waals surface area contributed by atoms with Crippen LogP contribution in [0.15, 0.2) is 48.5 Å². The van der Waals surface area contributed by atoms with Gasteiger partial charge in [-0.05, 0) is 35.4 Å². The smallest absolute Gasteiger partial charge is 0.0558 e. The highest BCUT2D eigenvalue weighted by Crippen LogP contribution is 2.21. The summed E-state index contributed by atoms with van der Waals surface area (Å²) in [7, 11) is 0. The Labute approximate surface area is 143 Å². The second kappa shape index (κ2) is 9.68. The van der Waals surface area contributed by atoms with Gasteiger partial charge in [0.25, 0.3) is 0 Å². The van der Waals surface area contributed by atoms with E-state index in [1.54, 1.807) is 0 Å². The lowest BCUT2D eigenvalue weighted by atomic mass is 10.0. The summed E-state index contributed by atoms with van der Waals surface area (Å²) in [6, 6.07) is 16.5. The summed E-state index contributed by atoms with van der Waals surface area (Å²) in [4.78, 5) is 2.23. The Bertz CT molecular complexity index is 569. The number of hydrogen-bond acceptors (Lipinski definition) is 3. The molecule has 23 heavy (non-hydrogen) atoms. The third-order valence-electron chi connectivity index (χ3n) is 3.93. The molecule has 0 aliphatic heterocycles. The highest BCUT2D eigenvalue weighted by Gasteiger charge is 2.01. The predicted molar refractivity (Wildman–Crippen MR) is 97.8 cm³/mol. The zero-order valence-electron chi connectivity index (χ0n) is 13.6. The Balaban J connectivity index is 1.80. The fourth-order valence-corrected chi connectivity index (χ4v) is 2.62. The average Bonchev–Trinajstić information content (AvgIpc) is 2.59. The molecule has 0 bridgehead atoms. The minimum atomic E-state index is 0.222. The molecule has 124 valence electrons. The van der Waals surface area contributed by atoms with E-state index in [-0.39, 0.29) is 6.61 Å². The minimum absolute atomic E-state index is 0.222.